The first-order valence-electron chi connectivity index (χ1n) is 14.2. The van der Waals surface area contributed by atoms with Crippen LogP contribution in [0.1, 0.15) is 69.2 Å². The van der Waals surface area contributed by atoms with Gasteiger partial charge in [0.2, 0.25) is 5.91 Å². The zero-order chi connectivity index (χ0) is 28.1. The van der Waals surface area contributed by atoms with Gasteiger partial charge in [-0.05, 0) is 73.7 Å². The van der Waals surface area contributed by atoms with Gasteiger partial charge in [0.05, 0.1) is 12.6 Å². The Morgan fingerprint density at radius 3 is 2.38 bits per heavy atom. The molecule has 0 unspecified atom stereocenters. The van der Waals surface area contributed by atoms with E-state index in [9.17, 15) is 9.59 Å². The van der Waals surface area contributed by atoms with Crippen LogP contribution in [0.5, 0.6) is 5.75 Å². The number of methoxy groups -OCH3 is 1. The first-order valence-corrected chi connectivity index (χ1v) is 14.2. The number of hydrogen-bond acceptors (Lipinski definition) is 5. The van der Waals surface area contributed by atoms with E-state index in [1.807, 2.05) is 72.8 Å². The number of carbonyl (C=O) groups excluding carboxylic acids is 2. The molecule has 1 saturated carbocycles. The summed E-state index contributed by atoms with van der Waals surface area (Å²) in [4.78, 5) is 30.3. The lowest BCUT2D eigenvalue weighted by Gasteiger charge is -2.35. The average molecular weight is 540 g/mol. The number of carbonyl (C=O) groups is 2. The van der Waals surface area contributed by atoms with E-state index in [4.69, 9.17) is 4.74 Å². The van der Waals surface area contributed by atoms with E-state index >= 15 is 0 Å². The lowest BCUT2D eigenvalue weighted by atomic mass is 9.94. The Labute approximate surface area is 235 Å². The molecule has 1 N–H and O–H groups in total. The van der Waals surface area contributed by atoms with Gasteiger partial charge in [-0.15, -0.1) is 5.10 Å². The van der Waals surface area contributed by atoms with Gasteiger partial charge >= 0.3 is 0 Å². The Morgan fingerprint density at radius 2 is 1.70 bits per heavy atom. The molecule has 2 amide bonds. The summed E-state index contributed by atoms with van der Waals surface area (Å²) in [6.45, 7) is 3.90. The number of hydrogen-bond donors (Lipinski definition) is 1. The van der Waals surface area contributed by atoms with Gasteiger partial charge in [0.1, 0.15) is 23.3 Å². The summed E-state index contributed by atoms with van der Waals surface area (Å²) in [7, 11) is 1.61. The van der Waals surface area contributed by atoms with Crippen molar-refractivity contribution in [3.8, 4) is 5.75 Å². The zero-order valence-electron chi connectivity index (χ0n) is 23.4. The number of anilines is 1. The van der Waals surface area contributed by atoms with Crippen LogP contribution in [0.15, 0.2) is 72.8 Å². The third-order valence-electron chi connectivity index (χ3n) is 7.85. The molecule has 5 rings (SSSR count). The molecule has 1 aromatic heterocycles. The highest BCUT2D eigenvalue weighted by molar-refractivity contribution is 6.03. The van der Waals surface area contributed by atoms with Gasteiger partial charge < -0.3 is 10.1 Å². The minimum absolute atomic E-state index is 0.0955. The van der Waals surface area contributed by atoms with Crippen LogP contribution in [0.25, 0.3) is 11.0 Å². The largest absolute Gasteiger partial charge is 0.497 e. The van der Waals surface area contributed by atoms with Crippen LogP contribution in [-0.2, 0) is 16.0 Å². The molecular weight excluding hydrogens is 502 g/mol. The van der Waals surface area contributed by atoms with Crippen molar-refractivity contribution < 1.29 is 14.3 Å². The van der Waals surface area contributed by atoms with Crippen molar-refractivity contribution in [2.45, 2.75) is 70.5 Å². The summed E-state index contributed by atoms with van der Waals surface area (Å²) in [6, 6.07) is 21.3. The monoisotopic (exact) mass is 539 g/mol. The number of ether oxygens (including phenoxy) is 1. The van der Waals surface area contributed by atoms with Crippen molar-refractivity contribution in [1.82, 2.24) is 20.3 Å². The summed E-state index contributed by atoms with van der Waals surface area (Å²) in [6.07, 6.45) is 6.14. The third kappa shape index (κ3) is 5.71. The molecule has 0 radical (unpaired) electrons. The molecule has 1 aliphatic rings. The number of fused-ring (bicyclic) bond motifs is 1. The fraction of sp³-hybridized carbons (Fsp3) is 0.375. The number of aryl methyl sites for hydroxylation is 1. The summed E-state index contributed by atoms with van der Waals surface area (Å²) < 4.78 is 7.01. The van der Waals surface area contributed by atoms with E-state index in [1.54, 1.807) is 23.6 Å². The van der Waals surface area contributed by atoms with E-state index in [0.717, 1.165) is 43.2 Å². The number of amides is 2. The van der Waals surface area contributed by atoms with E-state index < -0.39 is 12.1 Å². The molecule has 8 nitrogen and oxygen atoms in total. The molecule has 8 heteroatoms. The maximum absolute atomic E-state index is 14.5. The lowest BCUT2D eigenvalue weighted by Crippen LogP contribution is -2.48. The second kappa shape index (κ2) is 12.3. The maximum Gasteiger partial charge on any atom is 0.252 e. The second-order valence-corrected chi connectivity index (χ2v) is 10.4. The Bertz CT molecular complexity index is 1440. The standard InChI is InChI=1S/C32H37N5O3/c1-4-23-14-18-26(19-15-23)36(32(39)22(2)37-29-13-9-8-12-28(29)34-35-37)30(24-16-20-27(40-3)21-17-24)31(38)33-25-10-6-5-7-11-25/h8-9,12-22,25,30H,4-7,10-11H2,1-3H3,(H,33,38)/t22-,30-/m1/s1. The Morgan fingerprint density at radius 1 is 1.00 bits per heavy atom. The Balaban J connectivity index is 1.59. The van der Waals surface area contributed by atoms with Gasteiger partial charge in [0, 0.05) is 11.7 Å². The molecular formula is C32H37N5O3. The quantitative estimate of drug-likeness (QED) is 0.291. The molecule has 0 spiro atoms. The number of para-hydroxylation sites is 1. The molecule has 2 atom stereocenters. The number of aromatic nitrogens is 3. The van der Waals surface area contributed by atoms with E-state index in [1.165, 1.54) is 6.42 Å². The van der Waals surface area contributed by atoms with Gasteiger partial charge in [-0.3, -0.25) is 14.5 Å². The van der Waals surface area contributed by atoms with Gasteiger partial charge in [0.25, 0.3) is 5.91 Å². The van der Waals surface area contributed by atoms with Crippen LogP contribution in [0.4, 0.5) is 5.69 Å². The van der Waals surface area contributed by atoms with Crippen LogP contribution in [0.3, 0.4) is 0 Å². The van der Waals surface area contributed by atoms with Crippen molar-refractivity contribution >= 4 is 28.5 Å². The summed E-state index contributed by atoms with van der Waals surface area (Å²) in [5, 5.41) is 11.9. The summed E-state index contributed by atoms with van der Waals surface area (Å²) in [5.74, 6) is 0.239. The Kier molecular flexibility index (Phi) is 8.43. The molecule has 3 aromatic carbocycles. The normalized spacial score (nSPS) is 15.4. The highest BCUT2D eigenvalue weighted by atomic mass is 16.5. The third-order valence-corrected chi connectivity index (χ3v) is 7.85. The highest BCUT2D eigenvalue weighted by Gasteiger charge is 2.37. The van der Waals surface area contributed by atoms with Crippen LogP contribution < -0.4 is 15.0 Å². The summed E-state index contributed by atoms with van der Waals surface area (Å²) >= 11 is 0. The van der Waals surface area contributed by atoms with Crippen LogP contribution in [-0.4, -0.2) is 40.0 Å². The van der Waals surface area contributed by atoms with Gasteiger partial charge in [-0.25, -0.2) is 4.68 Å². The molecule has 1 aliphatic carbocycles. The van der Waals surface area contributed by atoms with Crippen molar-refractivity contribution in [3.05, 3.63) is 83.9 Å². The molecule has 4 aromatic rings. The van der Waals surface area contributed by atoms with Gasteiger partial charge in [0.15, 0.2) is 0 Å². The maximum atomic E-state index is 14.5. The first-order chi connectivity index (χ1) is 19.5. The Hall–Kier alpha value is -4.20. The van der Waals surface area contributed by atoms with Crippen LogP contribution in [0.2, 0.25) is 0 Å². The number of rotatable bonds is 9. The molecule has 40 heavy (non-hydrogen) atoms. The fourth-order valence-electron chi connectivity index (χ4n) is 5.51. The molecule has 1 fully saturated rings. The SMILES string of the molecule is CCc1ccc(N(C(=O)[C@@H](C)n2nnc3ccccc32)[C@@H](C(=O)NC2CCCCC2)c2ccc(OC)cc2)cc1. The van der Waals surface area contributed by atoms with E-state index in [2.05, 4.69) is 22.6 Å². The molecule has 1 heterocycles. The zero-order valence-corrected chi connectivity index (χ0v) is 23.4. The molecule has 208 valence electrons. The van der Waals surface area contributed by atoms with E-state index in [0.29, 0.717) is 22.5 Å². The van der Waals surface area contributed by atoms with Crippen molar-refractivity contribution in [3.63, 3.8) is 0 Å². The predicted octanol–water partition coefficient (Wildman–Crippen LogP) is 5.79. The number of nitrogens with one attached hydrogen (secondary N) is 1. The average Bonchev–Trinajstić information content (AvgIpc) is 3.44. The van der Waals surface area contributed by atoms with Crippen molar-refractivity contribution in [2.24, 2.45) is 0 Å². The highest BCUT2D eigenvalue weighted by Crippen LogP contribution is 2.33. The van der Waals surface area contributed by atoms with E-state index in [-0.39, 0.29) is 17.9 Å². The molecule has 0 saturated heterocycles. The minimum atomic E-state index is -0.884. The molecule has 0 aliphatic heterocycles. The first kappa shape index (κ1) is 27.4. The van der Waals surface area contributed by atoms with Crippen molar-refractivity contribution in [2.75, 3.05) is 12.0 Å². The smallest absolute Gasteiger partial charge is 0.252 e. The topological polar surface area (TPSA) is 89.4 Å². The lowest BCUT2D eigenvalue weighted by molar-refractivity contribution is -0.128. The minimum Gasteiger partial charge on any atom is -0.497 e. The second-order valence-electron chi connectivity index (χ2n) is 10.4. The predicted molar refractivity (Wildman–Crippen MR) is 156 cm³/mol. The van der Waals surface area contributed by atoms with Gasteiger partial charge in [-0.2, -0.15) is 0 Å². The molecule has 0 bridgehead atoms. The van der Waals surface area contributed by atoms with Gasteiger partial charge in [-0.1, -0.05) is 67.8 Å². The number of nitrogens with zero attached hydrogens (tertiary/aromatic N) is 4. The summed E-state index contributed by atoms with van der Waals surface area (Å²) in [5.41, 5.74) is 3.98. The van der Waals surface area contributed by atoms with Crippen molar-refractivity contribution in [1.29, 1.82) is 0 Å². The fourth-order valence-corrected chi connectivity index (χ4v) is 5.51. The van der Waals surface area contributed by atoms with Crippen LogP contribution >= 0.6 is 0 Å². The number of benzene rings is 3. The van der Waals surface area contributed by atoms with Crippen LogP contribution in [0, 0.1) is 0 Å².